The van der Waals surface area contributed by atoms with Gasteiger partial charge in [0.2, 0.25) is 0 Å². The molecular formula is C21H28N2O4. The minimum atomic E-state index is -0.388. The fourth-order valence-corrected chi connectivity index (χ4v) is 3.71. The Morgan fingerprint density at radius 1 is 1.19 bits per heavy atom. The number of rotatable bonds is 7. The molecule has 0 spiro atoms. The molecule has 1 aliphatic carbocycles. The summed E-state index contributed by atoms with van der Waals surface area (Å²) in [5, 5.41) is 18.0. The first-order valence-electron chi connectivity index (χ1n) is 9.88. The maximum absolute atomic E-state index is 10.2. The van der Waals surface area contributed by atoms with E-state index in [1.807, 2.05) is 30.3 Å². The molecule has 6 nitrogen and oxygen atoms in total. The molecule has 1 aromatic carbocycles. The van der Waals surface area contributed by atoms with Crippen LogP contribution in [0.3, 0.4) is 0 Å². The van der Waals surface area contributed by atoms with Gasteiger partial charge in [0.1, 0.15) is 5.75 Å². The molecule has 0 amide bonds. The van der Waals surface area contributed by atoms with Crippen molar-refractivity contribution < 1.29 is 19.1 Å². The second-order valence-corrected chi connectivity index (χ2v) is 7.59. The zero-order valence-corrected chi connectivity index (χ0v) is 15.8. The topological polar surface area (TPSA) is 76.8 Å². The second kappa shape index (κ2) is 8.42. The lowest BCUT2D eigenvalue weighted by Gasteiger charge is -2.36. The fraction of sp³-hybridized carbons (Fsp3) is 0.571. The molecule has 4 rings (SSSR count). The lowest BCUT2D eigenvalue weighted by Crippen LogP contribution is -2.48. The fourth-order valence-electron chi connectivity index (χ4n) is 3.71. The summed E-state index contributed by atoms with van der Waals surface area (Å²) in [6, 6.07) is 10.3. The Balaban J connectivity index is 1.33. The van der Waals surface area contributed by atoms with E-state index in [0.717, 1.165) is 42.2 Å². The van der Waals surface area contributed by atoms with E-state index in [-0.39, 0.29) is 18.3 Å². The monoisotopic (exact) mass is 372 g/mol. The first-order chi connectivity index (χ1) is 13.2. The van der Waals surface area contributed by atoms with E-state index in [2.05, 4.69) is 10.5 Å². The molecular weight excluding hydrogens is 344 g/mol. The zero-order valence-electron chi connectivity index (χ0n) is 15.8. The van der Waals surface area contributed by atoms with Gasteiger partial charge in [0, 0.05) is 30.6 Å². The molecule has 1 aromatic heterocycles. The van der Waals surface area contributed by atoms with Crippen molar-refractivity contribution >= 4 is 0 Å². The minimum absolute atomic E-state index is 0.0652. The maximum atomic E-state index is 10.2. The highest BCUT2D eigenvalue weighted by molar-refractivity contribution is 5.58. The van der Waals surface area contributed by atoms with Crippen LogP contribution in [0.2, 0.25) is 0 Å². The molecule has 2 aromatic rings. The molecule has 2 aliphatic rings. The molecule has 2 N–H and O–H groups in total. The van der Waals surface area contributed by atoms with Crippen LogP contribution in [0.25, 0.3) is 11.3 Å². The number of ether oxygens (including phenoxy) is 2. The summed E-state index contributed by atoms with van der Waals surface area (Å²) < 4.78 is 16.8. The Bertz CT molecular complexity index is 726. The first-order valence-corrected chi connectivity index (χ1v) is 9.88. The van der Waals surface area contributed by atoms with E-state index < -0.39 is 0 Å². The molecule has 1 aliphatic heterocycles. The van der Waals surface area contributed by atoms with Crippen LogP contribution in [0, 0.1) is 0 Å². The quantitative estimate of drug-likeness (QED) is 0.778. The number of aliphatic hydroxyl groups excluding tert-OH is 1. The third-order valence-electron chi connectivity index (χ3n) is 5.66. The van der Waals surface area contributed by atoms with Gasteiger partial charge in [-0.1, -0.05) is 11.6 Å². The van der Waals surface area contributed by atoms with Gasteiger partial charge in [-0.2, -0.15) is 0 Å². The van der Waals surface area contributed by atoms with Crippen LogP contribution in [-0.4, -0.2) is 48.3 Å². The van der Waals surface area contributed by atoms with Gasteiger partial charge in [-0.15, -0.1) is 0 Å². The third-order valence-corrected chi connectivity index (χ3v) is 5.66. The standard InChI is InChI=1S/C21H28N2O4/c1-25-17-7-5-14(6-8-17)20-12-16(23-27-20)11-18-9-10-19(24)21(26-18)13-22-15-3-2-4-15/h5-8,12,15,18-19,21-22,24H,2-4,9-11,13H2,1H3. The summed E-state index contributed by atoms with van der Waals surface area (Å²) >= 11 is 0. The zero-order chi connectivity index (χ0) is 18.6. The molecule has 2 fully saturated rings. The summed E-state index contributed by atoms with van der Waals surface area (Å²) in [4.78, 5) is 0. The average molecular weight is 372 g/mol. The summed E-state index contributed by atoms with van der Waals surface area (Å²) in [5.74, 6) is 1.56. The smallest absolute Gasteiger partial charge is 0.167 e. The predicted molar refractivity (Wildman–Crippen MR) is 102 cm³/mol. The number of aromatic nitrogens is 1. The lowest BCUT2D eigenvalue weighted by atomic mass is 9.92. The van der Waals surface area contributed by atoms with Crippen LogP contribution in [0.1, 0.15) is 37.8 Å². The number of benzene rings is 1. The number of methoxy groups -OCH3 is 1. The molecule has 1 saturated heterocycles. The van der Waals surface area contributed by atoms with Crippen LogP contribution < -0.4 is 10.1 Å². The molecule has 0 bridgehead atoms. The summed E-state index contributed by atoms with van der Waals surface area (Å²) in [6.45, 7) is 0.720. The van der Waals surface area contributed by atoms with E-state index in [0.29, 0.717) is 12.5 Å². The first kappa shape index (κ1) is 18.5. The van der Waals surface area contributed by atoms with Gasteiger partial charge in [0.25, 0.3) is 0 Å². The van der Waals surface area contributed by atoms with Gasteiger partial charge < -0.3 is 24.4 Å². The third kappa shape index (κ3) is 4.51. The number of aliphatic hydroxyl groups is 1. The van der Waals surface area contributed by atoms with E-state index >= 15 is 0 Å². The maximum Gasteiger partial charge on any atom is 0.167 e. The second-order valence-electron chi connectivity index (χ2n) is 7.59. The highest BCUT2D eigenvalue weighted by Gasteiger charge is 2.31. The van der Waals surface area contributed by atoms with Crippen molar-refractivity contribution in [3.8, 4) is 17.1 Å². The SMILES string of the molecule is COc1ccc(-c2cc(CC3CCC(O)C(CNC4CCC4)O3)no2)cc1. The van der Waals surface area contributed by atoms with E-state index in [1.165, 1.54) is 19.3 Å². The van der Waals surface area contributed by atoms with Crippen molar-refractivity contribution in [2.24, 2.45) is 0 Å². The van der Waals surface area contributed by atoms with Crippen molar-refractivity contribution in [2.75, 3.05) is 13.7 Å². The van der Waals surface area contributed by atoms with E-state index in [1.54, 1.807) is 7.11 Å². The van der Waals surface area contributed by atoms with Gasteiger partial charge in [0.15, 0.2) is 5.76 Å². The van der Waals surface area contributed by atoms with Gasteiger partial charge >= 0.3 is 0 Å². The number of nitrogens with zero attached hydrogens (tertiary/aromatic N) is 1. The Morgan fingerprint density at radius 2 is 2.00 bits per heavy atom. The van der Waals surface area contributed by atoms with Crippen molar-refractivity contribution in [3.63, 3.8) is 0 Å². The van der Waals surface area contributed by atoms with Crippen molar-refractivity contribution in [2.45, 2.75) is 62.9 Å². The molecule has 27 heavy (non-hydrogen) atoms. The highest BCUT2D eigenvalue weighted by atomic mass is 16.5. The number of nitrogens with one attached hydrogen (secondary N) is 1. The molecule has 6 heteroatoms. The van der Waals surface area contributed by atoms with Crippen LogP contribution in [0.4, 0.5) is 0 Å². The predicted octanol–water partition coefficient (Wildman–Crippen LogP) is 2.94. The summed E-state index contributed by atoms with van der Waals surface area (Å²) in [5.41, 5.74) is 1.85. The molecule has 3 atom stereocenters. The molecule has 0 radical (unpaired) electrons. The lowest BCUT2D eigenvalue weighted by molar-refractivity contribution is -0.116. The minimum Gasteiger partial charge on any atom is -0.497 e. The van der Waals surface area contributed by atoms with E-state index in [4.69, 9.17) is 14.0 Å². The summed E-state index contributed by atoms with van der Waals surface area (Å²) in [6.07, 6.45) is 5.62. The molecule has 146 valence electrons. The van der Waals surface area contributed by atoms with Crippen LogP contribution in [0.15, 0.2) is 34.9 Å². The van der Waals surface area contributed by atoms with Crippen molar-refractivity contribution in [3.05, 3.63) is 36.0 Å². The highest BCUT2D eigenvalue weighted by Crippen LogP contribution is 2.27. The normalized spacial score (nSPS) is 25.9. The van der Waals surface area contributed by atoms with Crippen LogP contribution in [0.5, 0.6) is 5.75 Å². The Morgan fingerprint density at radius 3 is 2.70 bits per heavy atom. The molecule has 1 saturated carbocycles. The van der Waals surface area contributed by atoms with Crippen molar-refractivity contribution in [1.29, 1.82) is 0 Å². The van der Waals surface area contributed by atoms with Crippen LogP contribution >= 0.6 is 0 Å². The Hall–Kier alpha value is -1.89. The Kier molecular flexibility index (Phi) is 5.76. The van der Waals surface area contributed by atoms with Crippen LogP contribution in [-0.2, 0) is 11.2 Å². The molecule has 2 heterocycles. The van der Waals surface area contributed by atoms with Crippen molar-refractivity contribution in [1.82, 2.24) is 10.5 Å². The van der Waals surface area contributed by atoms with Gasteiger partial charge in [-0.05, 0) is 49.9 Å². The van der Waals surface area contributed by atoms with Gasteiger partial charge in [0.05, 0.1) is 31.1 Å². The largest absolute Gasteiger partial charge is 0.497 e. The summed E-state index contributed by atoms with van der Waals surface area (Å²) in [7, 11) is 1.65. The van der Waals surface area contributed by atoms with Gasteiger partial charge in [-0.25, -0.2) is 0 Å². The number of hydrogen-bond donors (Lipinski definition) is 2. The average Bonchev–Trinajstić information content (AvgIpc) is 3.11. The van der Waals surface area contributed by atoms with Gasteiger partial charge in [-0.3, -0.25) is 0 Å². The number of hydrogen-bond acceptors (Lipinski definition) is 6. The van der Waals surface area contributed by atoms with E-state index in [9.17, 15) is 5.11 Å². The Labute approximate surface area is 159 Å². The molecule has 3 unspecified atom stereocenters.